The first-order chi connectivity index (χ1) is 13.3. The maximum Gasteiger partial charge on any atom is 0.191 e. The summed E-state index contributed by atoms with van der Waals surface area (Å²) in [6, 6.07) is 7.05. The molecule has 2 aromatic heterocycles. The maximum atomic E-state index is 14.3. The van der Waals surface area contributed by atoms with Crippen LogP contribution in [-0.4, -0.2) is 38.4 Å². The van der Waals surface area contributed by atoms with Crippen molar-refractivity contribution in [1.82, 2.24) is 30.0 Å². The van der Waals surface area contributed by atoms with Crippen LogP contribution in [0.2, 0.25) is 0 Å². The third kappa shape index (κ3) is 5.40. The molecule has 2 N–H and O–H groups in total. The fourth-order valence-electron chi connectivity index (χ4n) is 2.65. The topological polar surface area (TPSA) is 72.1 Å². The molecule has 0 bridgehead atoms. The molecule has 7 nitrogen and oxygen atoms in total. The van der Waals surface area contributed by atoms with E-state index in [1.54, 1.807) is 35.6 Å². The molecule has 0 aliphatic heterocycles. The Balaban J connectivity index is 1.55. The molecule has 27 heavy (non-hydrogen) atoms. The molecule has 0 amide bonds. The van der Waals surface area contributed by atoms with E-state index in [-0.39, 0.29) is 5.82 Å². The van der Waals surface area contributed by atoms with Gasteiger partial charge in [-0.3, -0.25) is 4.68 Å². The number of aromatic nitrogens is 4. The number of halogens is 1. The Labute approximate surface area is 158 Å². The lowest BCUT2D eigenvalue weighted by Gasteiger charge is -2.11. The summed E-state index contributed by atoms with van der Waals surface area (Å²) in [5, 5.41) is 10.7. The van der Waals surface area contributed by atoms with Gasteiger partial charge in [-0.05, 0) is 37.1 Å². The lowest BCUT2D eigenvalue weighted by Crippen LogP contribution is -2.38. The van der Waals surface area contributed by atoms with E-state index < -0.39 is 0 Å². The Morgan fingerprint density at radius 1 is 1.22 bits per heavy atom. The van der Waals surface area contributed by atoms with Gasteiger partial charge in [0.25, 0.3) is 0 Å². The molecular formula is C19H24FN7. The number of hydrogen-bond donors (Lipinski definition) is 2. The molecule has 0 aliphatic carbocycles. The van der Waals surface area contributed by atoms with Crippen LogP contribution >= 0.6 is 0 Å². The smallest absolute Gasteiger partial charge is 0.191 e. The fraction of sp³-hybridized carbons (Fsp3) is 0.316. The lowest BCUT2D eigenvalue weighted by atomic mass is 10.2. The molecule has 8 heteroatoms. The molecule has 0 unspecified atom stereocenters. The van der Waals surface area contributed by atoms with E-state index >= 15 is 0 Å². The summed E-state index contributed by atoms with van der Waals surface area (Å²) in [5.41, 5.74) is 1.29. The van der Waals surface area contributed by atoms with E-state index in [1.807, 2.05) is 29.9 Å². The number of nitrogens with zero attached hydrogens (tertiary/aromatic N) is 5. The molecule has 0 saturated carbocycles. The van der Waals surface area contributed by atoms with Crippen molar-refractivity contribution in [2.45, 2.75) is 26.4 Å². The number of imidazole rings is 1. The van der Waals surface area contributed by atoms with Gasteiger partial charge in [-0.15, -0.1) is 0 Å². The minimum atomic E-state index is -0.294. The van der Waals surface area contributed by atoms with E-state index in [2.05, 4.69) is 25.7 Å². The van der Waals surface area contributed by atoms with Gasteiger partial charge >= 0.3 is 0 Å². The van der Waals surface area contributed by atoms with Crippen molar-refractivity contribution in [3.05, 3.63) is 66.8 Å². The third-order valence-electron chi connectivity index (χ3n) is 3.97. The van der Waals surface area contributed by atoms with Gasteiger partial charge in [0.1, 0.15) is 5.82 Å². The molecule has 0 radical (unpaired) electrons. The van der Waals surface area contributed by atoms with Crippen molar-refractivity contribution in [3.8, 4) is 5.69 Å². The molecule has 0 atom stereocenters. The first-order valence-corrected chi connectivity index (χ1v) is 9.02. The molecule has 1 aromatic carbocycles. The number of hydrogen-bond acceptors (Lipinski definition) is 3. The van der Waals surface area contributed by atoms with Crippen LogP contribution in [-0.2, 0) is 13.1 Å². The van der Waals surface area contributed by atoms with Crippen molar-refractivity contribution >= 4 is 5.96 Å². The summed E-state index contributed by atoms with van der Waals surface area (Å²) >= 11 is 0. The quantitative estimate of drug-likeness (QED) is 0.363. The van der Waals surface area contributed by atoms with Crippen LogP contribution in [0.25, 0.3) is 5.69 Å². The van der Waals surface area contributed by atoms with Gasteiger partial charge < -0.3 is 15.2 Å². The van der Waals surface area contributed by atoms with Crippen molar-refractivity contribution in [1.29, 1.82) is 0 Å². The van der Waals surface area contributed by atoms with E-state index in [0.29, 0.717) is 12.2 Å². The van der Waals surface area contributed by atoms with Gasteiger partial charge in [0.2, 0.25) is 0 Å². The summed E-state index contributed by atoms with van der Waals surface area (Å²) in [5.74, 6) is 0.426. The van der Waals surface area contributed by atoms with Crippen molar-refractivity contribution in [2.75, 3.05) is 13.1 Å². The van der Waals surface area contributed by atoms with Gasteiger partial charge in [0.15, 0.2) is 5.96 Å². The highest BCUT2D eigenvalue weighted by Gasteiger charge is 2.05. The summed E-state index contributed by atoms with van der Waals surface area (Å²) < 4.78 is 17.9. The van der Waals surface area contributed by atoms with Crippen molar-refractivity contribution in [3.63, 3.8) is 0 Å². The van der Waals surface area contributed by atoms with Crippen LogP contribution in [0.3, 0.4) is 0 Å². The lowest BCUT2D eigenvalue weighted by molar-refractivity contribution is 0.570. The summed E-state index contributed by atoms with van der Waals surface area (Å²) in [7, 11) is 0. The minimum Gasteiger partial charge on any atom is -0.357 e. The second kappa shape index (κ2) is 9.51. The predicted octanol–water partition coefficient (Wildman–Crippen LogP) is 2.35. The van der Waals surface area contributed by atoms with Crippen LogP contribution < -0.4 is 10.6 Å². The SMILES string of the molecule is CCNC(=NCc1ccc(-n2ccnc2)c(F)c1)NCCCn1cccn1. The number of rotatable bonds is 8. The van der Waals surface area contributed by atoms with Crippen LogP contribution in [0.4, 0.5) is 4.39 Å². The van der Waals surface area contributed by atoms with Crippen molar-refractivity contribution < 1.29 is 4.39 Å². The highest BCUT2D eigenvalue weighted by molar-refractivity contribution is 5.79. The van der Waals surface area contributed by atoms with Gasteiger partial charge in [-0.1, -0.05) is 6.07 Å². The Morgan fingerprint density at radius 2 is 2.15 bits per heavy atom. The number of aliphatic imine (C=N–C) groups is 1. The number of nitrogens with one attached hydrogen (secondary N) is 2. The molecular weight excluding hydrogens is 345 g/mol. The number of guanidine groups is 1. The highest BCUT2D eigenvalue weighted by atomic mass is 19.1. The minimum absolute atomic E-state index is 0.294. The highest BCUT2D eigenvalue weighted by Crippen LogP contribution is 2.15. The number of aryl methyl sites for hydroxylation is 1. The van der Waals surface area contributed by atoms with Crippen molar-refractivity contribution in [2.24, 2.45) is 4.99 Å². The summed E-state index contributed by atoms with van der Waals surface area (Å²) in [6.07, 6.45) is 9.57. The number of benzene rings is 1. The second-order valence-corrected chi connectivity index (χ2v) is 6.00. The zero-order valence-corrected chi connectivity index (χ0v) is 15.3. The molecule has 142 valence electrons. The molecule has 0 fully saturated rings. The first kappa shape index (κ1) is 18.6. The zero-order valence-electron chi connectivity index (χ0n) is 15.3. The predicted molar refractivity (Wildman–Crippen MR) is 103 cm³/mol. The standard InChI is InChI=1S/C19H24FN7/c1-2-22-19(23-7-3-10-27-11-4-8-25-27)24-14-16-5-6-18(17(20)13-16)26-12-9-21-15-26/h4-6,8-9,11-13,15H,2-3,7,10,14H2,1H3,(H2,22,23,24). The third-order valence-corrected chi connectivity index (χ3v) is 3.97. The molecule has 2 heterocycles. The Bertz CT molecular complexity index is 841. The van der Waals surface area contributed by atoms with Gasteiger partial charge in [0.05, 0.1) is 18.6 Å². The average Bonchev–Trinajstić information content (AvgIpc) is 3.37. The molecule has 0 aliphatic rings. The van der Waals surface area contributed by atoms with E-state index in [4.69, 9.17) is 0 Å². The maximum absolute atomic E-state index is 14.3. The normalized spacial score (nSPS) is 11.6. The van der Waals surface area contributed by atoms with Crippen LogP contribution in [0.5, 0.6) is 0 Å². The van der Waals surface area contributed by atoms with E-state index in [1.165, 1.54) is 6.07 Å². The average molecular weight is 369 g/mol. The second-order valence-electron chi connectivity index (χ2n) is 6.00. The van der Waals surface area contributed by atoms with E-state index in [0.717, 1.165) is 37.6 Å². The summed E-state index contributed by atoms with van der Waals surface area (Å²) in [6.45, 7) is 4.80. The van der Waals surface area contributed by atoms with Gasteiger partial charge in [-0.25, -0.2) is 14.4 Å². The molecule has 3 aromatic rings. The Morgan fingerprint density at radius 3 is 2.85 bits per heavy atom. The molecule has 0 saturated heterocycles. The fourth-order valence-corrected chi connectivity index (χ4v) is 2.65. The van der Waals surface area contributed by atoms with E-state index in [9.17, 15) is 4.39 Å². The van der Waals surface area contributed by atoms with Gasteiger partial charge in [0, 0.05) is 44.4 Å². The van der Waals surface area contributed by atoms with Crippen LogP contribution in [0.1, 0.15) is 18.9 Å². The van der Waals surface area contributed by atoms with Crippen LogP contribution in [0.15, 0.2) is 60.4 Å². The van der Waals surface area contributed by atoms with Crippen LogP contribution in [0, 0.1) is 5.82 Å². The first-order valence-electron chi connectivity index (χ1n) is 9.02. The largest absolute Gasteiger partial charge is 0.357 e. The molecule has 3 rings (SSSR count). The Hall–Kier alpha value is -3.16. The van der Waals surface area contributed by atoms with Gasteiger partial charge in [-0.2, -0.15) is 5.10 Å². The molecule has 0 spiro atoms. The monoisotopic (exact) mass is 369 g/mol. The summed E-state index contributed by atoms with van der Waals surface area (Å²) in [4.78, 5) is 8.48. The zero-order chi connectivity index (χ0) is 18.9. The Kier molecular flexibility index (Phi) is 6.56.